The first-order valence-corrected chi connectivity index (χ1v) is 9.55. The van der Waals surface area contributed by atoms with Crippen molar-refractivity contribution in [3.8, 4) is 0 Å². The largest absolute Gasteiger partial charge is 0.321 e. The Hall–Kier alpha value is -1.04. The number of likely N-dealkylation sites (tertiary alicyclic amines) is 1. The lowest BCUT2D eigenvalue weighted by molar-refractivity contribution is -0.0897. The molecule has 2 fully saturated rings. The van der Waals surface area contributed by atoms with Gasteiger partial charge >= 0.3 is 0 Å². The van der Waals surface area contributed by atoms with Crippen molar-refractivity contribution in [2.45, 2.75) is 76.2 Å². The fourth-order valence-corrected chi connectivity index (χ4v) is 4.37. The highest BCUT2D eigenvalue weighted by atomic mass is 19.3. The molecule has 0 aromatic heterocycles. The summed E-state index contributed by atoms with van der Waals surface area (Å²) >= 11 is 0. The Kier molecular flexibility index (Phi) is 5.76. The molecule has 2 N–H and O–H groups in total. The van der Waals surface area contributed by atoms with E-state index in [-0.39, 0.29) is 12.5 Å². The minimum Gasteiger partial charge on any atom is -0.321 e. The molecule has 1 aliphatic carbocycles. The van der Waals surface area contributed by atoms with Gasteiger partial charge in [0.15, 0.2) is 0 Å². The summed E-state index contributed by atoms with van der Waals surface area (Å²) in [5, 5.41) is 0. The van der Waals surface area contributed by atoms with Gasteiger partial charge in [0, 0.05) is 44.2 Å². The van der Waals surface area contributed by atoms with Crippen molar-refractivity contribution in [1.29, 1.82) is 0 Å². The molecule has 1 heterocycles. The van der Waals surface area contributed by atoms with Gasteiger partial charge in [-0.25, -0.2) is 8.78 Å². The zero-order valence-electron chi connectivity index (χ0n) is 15.4. The Morgan fingerprint density at radius 1 is 1.24 bits per heavy atom. The Balaban J connectivity index is 1.81. The van der Waals surface area contributed by atoms with Gasteiger partial charge in [-0.2, -0.15) is 0 Å². The molecule has 0 amide bonds. The Morgan fingerprint density at radius 2 is 1.96 bits per heavy atom. The van der Waals surface area contributed by atoms with Crippen molar-refractivity contribution in [2.75, 3.05) is 13.1 Å². The molecule has 5 heteroatoms. The summed E-state index contributed by atoms with van der Waals surface area (Å²) in [5.74, 6) is -2.76. The van der Waals surface area contributed by atoms with Crippen molar-refractivity contribution in [3.05, 3.63) is 35.9 Å². The van der Waals surface area contributed by atoms with Crippen LogP contribution in [0.2, 0.25) is 0 Å². The fraction of sp³-hybridized carbons (Fsp3) is 0.700. The first-order chi connectivity index (χ1) is 11.9. The van der Waals surface area contributed by atoms with E-state index in [1.54, 1.807) is 0 Å². The Bertz CT molecular complexity index is 549. The molecular formula is C20H31F2N3. The summed E-state index contributed by atoms with van der Waals surface area (Å²) in [5.41, 5.74) is 7.24. The summed E-state index contributed by atoms with van der Waals surface area (Å²) in [4.78, 5) is 4.73. The molecule has 0 spiro atoms. The third kappa shape index (κ3) is 4.21. The van der Waals surface area contributed by atoms with E-state index in [0.29, 0.717) is 25.0 Å². The lowest BCUT2D eigenvalue weighted by Crippen LogP contribution is -2.61. The molecule has 3 rings (SSSR count). The standard InChI is InChI=1S/C20H31F2N3/c1-15(2)24-12-10-17(14-24)25(13-16-7-4-3-5-8-16)18-9-6-11-20(21,22)19(18)23/h3-5,7-8,15,17-19H,6,9-14,23H2,1-2H3/t17-,18+,19+/m1/s1. The van der Waals surface area contributed by atoms with E-state index in [1.165, 1.54) is 5.56 Å². The number of halogens is 2. The first-order valence-electron chi connectivity index (χ1n) is 9.55. The molecule has 2 aliphatic rings. The second kappa shape index (κ2) is 7.68. The average molecular weight is 351 g/mol. The number of benzene rings is 1. The van der Waals surface area contributed by atoms with Crippen LogP contribution < -0.4 is 5.73 Å². The van der Waals surface area contributed by atoms with E-state index in [0.717, 1.165) is 25.9 Å². The van der Waals surface area contributed by atoms with Gasteiger partial charge in [0.2, 0.25) is 0 Å². The van der Waals surface area contributed by atoms with Gasteiger partial charge in [-0.1, -0.05) is 30.3 Å². The third-order valence-electron chi connectivity index (χ3n) is 5.94. The van der Waals surface area contributed by atoms with Crippen molar-refractivity contribution in [3.63, 3.8) is 0 Å². The second-order valence-corrected chi connectivity index (χ2v) is 7.94. The molecule has 1 saturated heterocycles. The van der Waals surface area contributed by atoms with Crippen LogP contribution in [0.25, 0.3) is 0 Å². The van der Waals surface area contributed by atoms with E-state index < -0.39 is 12.0 Å². The van der Waals surface area contributed by atoms with Crippen molar-refractivity contribution < 1.29 is 8.78 Å². The molecule has 0 unspecified atom stereocenters. The maximum atomic E-state index is 14.3. The van der Waals surface area contributed by atoms with E-state index in [4.69, 9.17) is 5.73 Å². The SMILES string of the molecule is CC(C)N1CC[C@@H](N(Cc2ccccc2)[C@H]2CCCC(F)(F)[C@H]2N)C1. The van der Waals surface area contributed by atoms with Crippen LogP contribution in [0.1, 0.15) is 45.1 Å². The smallest absolute Gasteiger partial charge is 0.264 e. The van der Waals surface area contributed by atoms with E-state index in [9.17, 15) is 8.78 Å². The lowest BCUT2D eigenvalue weighted by atomic mass is 9.85. The maximum absolute atomic E-state index is 14.3. The number of rotatable bonds is 5. The second-order valence-electron chi connectivity index (χ2n) is 7.94. The molecule has 0 bridgehead atoms. The highest BCUT2D eigenvalue weighted by molar-refractivity contribution is 5.15. The van der Waals surface area contributed by atoms with Gasteiger partial charge in [0.1, 0.15) is 0 Å². The van der Waals surface area contributed by atoms with Gasteiger partial charge < -0.3 is 5.73 Å². The highest BCUT2D eigenvalue weighted by Gasteiger charge is 2.48. The van der Waals surface area contributed by atoms with Crippen molar-refractivity contribution >= 4 is 0 Å². The van der Waals surface area contributed by atoms with Crippen LogP contribution in [0.5, 0.6) is 0 Å². The molecule has 1 saturated carbocycles. The predicted molar refractivity (Wildman–Crippen MR) is 97.7 cm³/mol. The molecule has 25 heavy (non-hydrogen) atoms. The summed E-state index contributed by atoms with van der Waals surface area (Å²) in [6.45, 7) is 7.08. The van der Waals surface area contributed by atoms with Gasteiger partial charge in [-0.05, 0) is 38.7 Å². The fourth-order valence-electron chi connectivity index (χ4n) is 4.37. The van der Waals surface area contributed by atoms with Crippen molar-refractivity contribution in [1.82, 2.24) is 9.80 Å². The van der Waals surface area contributed by atoms with Crippen LogP contribution in [0.15, 0.2) is 30.3 Å². The Morgan fingerprint density at radius 3 is 2.60 bits per heavy atom. The molecule has 1 aromatic rings. The normalized spacial score (nSPS) is 30.3. The van der Waals surface area contributed by atoms with Crippen LogP contribution in [0, 0.1) is 0 Å². The van der Waals surface area contributed by atoms with Crippen LogP contribution in [-0.4, -0.2) is 53.0 Å². The first kappa shape index (κ1) is 18.7. The molecule has 1 aromatic carbocycles. The van der Waals surface area contributed by atoms with Crippen LogP contribution in [0.3, 0.4) is 0 Å². The minimum absolute atomic E-state index is 0.0768. The van der Waals surface area contributed by atoms with E-state index in [2.05, 4.69) is 35.8 Å². The maximum Gasteiger partial charge on any atom is 0.264 e. The van der Waals surface area contributed by atoms with Gasteiger partial charge in [0.05, 0.1) is 6.04 Å². The summed E-state index contributed by atoms with van der Waals surface area (Å²) < 4.78 is 28.6. The predicted octanol–water partition coefficient (Wildman–Crippen LogP) is 3.49. The molecule has 3 atom stereocenters. The summed E-state index contributed by atoms with van der Waals surface area (Å²) in [6.07, 6.45) is 2.27. The molecular weight excluding hydrogens is 320 g/mol. The number of hydrogen-bond acceptors (Lipinski definition) is 3. The number of nitrogens with zero attached hydrogens (tertiary/aromatic N) is 2. The zero-order chi connectivity index (χ0) is 18.0. The number of nitrogens with two attached hydrogens (primary N) is 1. The zero-order valence-corrected chi connectivity index (χ0v) is 15.4. The topological polar surface area (TPSA) is 32.5 Å². The molecule has 3 nitrogen and oxygen atoms in total. The summed E-state index contributed by atoms with van der Waals surface area (Å²) in [6, 6.07) is 9.64. The van der Waals surface area contributed by atoms with Gasteiger partial charge in [-0.3, -0.25) is 9.80 Å². The quantitative estimate of drug-likeness (QED) is 0.881. The minimum atomic E-state index is -2.76. The van der Waals surface area contributed by atoms with Crippen molar-refractivity contribution in [2.24, 2.45) is 5.73 Å². The Labute approximate surface area is 150 Å². The van der Waals surface area contributed by atoms with Crippen LogP contribution in [0.4, 0.5) is 8.78 Å². The number of hydrogen-bond donors (Lipinski definition) is 1. The number of alkyl halides is 2. The van der Waals surface area contributed by atoms with Gasteiger partial charge in [0.25, 0.3) is 5.92 Å². The highest BCUT2D eigenvalue weighted by Crippen LogP contribution is 2.37. The van der Waals surface area contributed by atoms with Crippen LogP contribution >= 0.6 is 0 Å². The van der Waals surface area contributed by atoms with Crippen LogP contribution in [-0.2, 0) is 6.54 Å². The van der Waals surface area contributed by atoms with E-state index in [1.807, 2.05) is 18.2 Å². The molecule has 0 radical (unpaired) electrons. The summed E-state index contributed by atoms with van der Waals surface area (Å²) in [7, 11) is 0. The lowest BCUT2D eigenvalue weighted by Gasteiger charge is -2.44. The molecule has 1 aliphatic heterocycles. The average Bonchev–Trinajstić information content (AvgIpc) is 3.06. The third-order valence-corrected chi connectivity index (χ3v) is 5.94. The van der Waals surface area contributed by atoms with Gasteiger partial charge in [-0.15, -0.1) is 0 Å². The van der Waals surface area contributed by atoms with E-state index >= 15 is 0 Å². The monoisotopic (exact) mass is 351 g/mol. The molecule has 140 valence electrons.